The molecule has 1 aliphatic carbocycles. The maximum Gasteiger partial charge on any atom is 0.0975 e. The van der Waals surface area contributed by atoms with E-state index in [0.717, 1.165) is 19.5 Å². The van der Waals surface area contributed by atoms with Gasteiger partial charge in [0, 0.05) is 6.04 Å². The lowest BCUT2D eigenvalue weighted by molar-refractivity contribution is 0.186. The molecule has 98 valence electrons. The van der Waals surface area contributed by atoms with Crippen molar-refractivity contribution in [3.8, 4) is 0 Å². The molecular weight excluding hydrogens is 232 g/mol. The van der Waals surface area contributed by atoms with Crippen LogP contribution in [0.3, 0.4) is 0 Å². The van der Waals surface area contributed by atoms with Gasteiger partial charge in [-0.2, -0.15) is 0 Å². The van der Waals surface area contributed by atoms with Crippen molar-refractivity contribution in [1.82, 2.24) is 10.0 Å². The van der Waals surface area contributed by atoms with Gasteiger partial charge < -0.3 is 5.32 Å². The van der Waals surface area contributed by atoms with Crippen molar-refractivity contribution < 1.29 is 4.21 Å². The van der Waals surface area contributed by atoms with Gasteiger partial charge in [-0.05, 0) is 58.5 Å². The quantitative estimate of drug-likeness (QED) is 0.739. The summed E-state index contributed by atoms with van der Waals surface area (Å²) in [4.78, 5) is 0. The minimum absolute atomic E-state index is 0.190. The lowest BCUT2D eigenvalue weighted by Crippen LogP contribution is -2.50. The first kappa shape index (κ1) is 13.2. The van der Waals surface area contributed by atoms with Gasteiger partial charge in [0.1, 0.15) is 0 Å². The molecule has 17 heavy (non-hydrogen) atoms. The van der Waals surface area contributed by atoms with Crippen LogP contribution in [-0.4, -0.2) is 28.1 Å². The number of rotatable bonds is 2. The van der Waals surface area contributed by atoms with E-state index in [2.05, 4.69) is 22.2 Å². The number of allylic oxidation sites excluding steroid dienone is 1. The van der Waals surface area contributed by atoms with Crippen molar-refractivity contribution in [3.05, 3.63) is 12.2 Å². The molecule has 2 aliphatic rings. The normalized spacial score (nSPS) is 29.7. The first-order chi connectivity index (χ1) is 7.94. The smallest absolute Gasteiger partial charge is 0.0975 e. The molecule has 0 aromatic carbocycles. The summed E-state index contributed by atoms with van der Waals surface area (Å²) in [5, 5.41) is 3.41. The molecule has 1 spiro atoms. The van der Waals surface area contributed by atoms with Gasteiger partial charge >= 0.3 is 0 Å². The van der Waals surface area contributed by atoms with Gasteiger partial charge in [0.2, 0.25) is 0 Å². The molecule has 0 unspecified atom stereocenters. The van der Waals surface area contributed by atoms with Crippen LogP contribution < -0.4 is 10.0 Å². The zero-order valence-corrected chi connectivity index (χ0v) is 11.9. The van der Waals surface area contributed by atoms with E-state index in [-0.39, 0.29) is 10.8 Å². The highest BCUT2D eigenvalue weighted by molar-refractivity contribution is 7.84. The Labute approximate surface area is 107 Å². The highest BCUT2D eigenvalue weighted by atomic mass is 32.2. The highest BCUT2D eigenvalue weighted by Gasteiger charge is 2.42. The number of piperidine rings is 1. The van der Waals surface area contributed by atoms with Crippen LogP contribution in [0, 0.1) is 5.41 Å². The lowest BCUT2D eigenvalue weighted by Gasteiger charge is -2.40. The van der Waals surface area contributed by atoms with Crippen molar-refractivity contribution in [2.45, 2.75) is 50.8 Å². The zero-order chi connectivity index (χ0) is 12.5. The third kappa shape index (κ3) is 2.80. The highest BCUT2D eigenvalue weighted by Crippen LogP contribution is 2.41. The predicted molar refractivity (Wildman–Crippen MR) is 73.1 cm³/mol. The SMILES string of the molecule is CC(C)(C)[S@@](=O)N[C@@H]1C=CCC12CCNCC2. The van der Waals surface area contributed by atoms with Gasteiger partial charge in [-0.25, -0.2) is 8.93 Å². The predicted octanol–water partition coefficient (Wildman–Crippen LogP) is 1.74. The topological polar surface area (TPSA) is 41.1 Å². The van der Waals surface area contributed by atoms with E-state index in [0.29, 0.717) is 5.41 Å². The van der Waals surface area contributed by atoms with Crippen LogP contribution in [0.4, 0.5) is 0 Å². The van der Waals surface area contributed by atoms with Crippen LogP contribution >= 0.6 is 0 Å². The summed E-state index contributed by atoms with van der Waals surface area (Å²) in [6.07, 6.45) is 7.96. The lowest BCUT2D eigenvalue weighted by atomic mass is 9.74. The van der Waals surface area contributed by atoms with Gasteiger partial charge in [-0.15, -0.1) is 0 Å². The molecule has 2 N–H and O–H groups in total. The minimum Gasteiger partial charge on any atom is -0.317 e. The van der Waals surface area contributed by atoms with Crippen LogP contribution in [0.1, 0.15) is 40.0 Å². The summed E-state index contributed by atoms with van der Waals surface area (Å²) in [7, 11) is -0.977. The molecule has 0 amide bonds. The molecule has 0 bridgehead atoms. The van der Waals surface area contributed by atoms with Crippen LogP contribution in [0.5, 0.6) is 0 Å². The van der Waals surface area contributed by atoms with E-state index in [1.54, 1.807) is 0 Å². The van der Waals surface area contributed by atoms with Crippen molar-refractivity contribution >= 4 is 11.0 Å². The molecule has 1 aliphatic heterocycles. The summed E-state index contributed by atoms with van der Waals surface area (Å²) in [5.74, 6) is 0. The standard InChI is InChI=1S/C13H24N2OS/c1-12(2,3)17(16)15-11-5-4-6-13(11)7-9-14-10-8-13/h4-5,11,14-15H,6-10H2,1-3H3/t11-,17-/m1/s1. The Morgan fingerprint density at radius 1 is 1.35 bits per heavy atom. The Hall–Kier alpha value is -0.190. The second-order valence-electron chi connectivity index (χ2n) is 6.22. The fourth-order valence-electron chi connectivity index (χ4n) is 2.67. The maximum atomic E-state index is 12.2. The van der Waals surface area contributed by atoms with Gasteiger partial charge in [0.25, 0.3) is 0 Å². The number of nitrogens with one attached hydrogen (secondary N) is 2. The van der Waals surface area contributed by atoms with E-state index in [1.807, 2.05) is 20.8 Å². The molecule has 1 fully saturated rings. The molecule has 1 heterocycles. The van der Waals surface area contributed by atoms with Gasteiger partial charge in [-0.3, -0.25) is 0 Å². The van der Waals surface area contributed by atoms with Crippen LogP contribution in [0.15, 0.2) is 12.2 Å². The summed E-state index contributed by atoms with van der Waals surface area (Å²) in [5.41, 5.74) is 0.312. The largest absolute Gasteiger partial charge is 0.317 e. The first-order valence-corrected chi connectivity index (χ1v) is 7.64. The maximum absolute atomic E-state index is 12.2. The number of hydrogen-bond acceptors (Lipinski definition) is 2. The fraction of sp³-hybridized carbons (Fsp3) is 0.846. The average Bonchev–Trinajstić information content (AvgIpc) is 2.61. The summed E-state index contributed by atoms with van der Waals surface area (Å²) >= 11 is 0. The van der Waals surface area contributed by atoms with E-state index in [9.17, 15) is 4.21 Å². The van der Waals surface area contributed by atoms with E-state index >= 15 is 0 Å². The Balaban J connectivity index is 2.04. The molecule has 0 aromatic heterocycles. The van der Waals surface area contributed by atoms with E-state index in [4.69, 9.17) is 0 Å². The third-order valence-electron chi connectivity index (χ3n) is 3.90. The first-order valence-electron chi connectivity index (χ1n) is 6.49. The second kappa shape index (κ2) is 4.82. The van der Waals surface area contributed by atoms with Crippen LogP contribution in [0.2, 0.25) is 0 Å². The Morgan fingerprint density at radius 2 is 2.00 bits per heavy atom. The molecular formula is C13H24N2OS. The molecule has 0 saturated carbocycles. The third-order valence-corrected chi connectivity index (χ3v) is 5.48. The van der Waals surface area contributed by atoms with Gasteiger partial charge in [0.05, 0.1) is 15.7 Å². The molecule has 0 radical (unpaired) electrons. The zero-order valence-electron chi connectivity index (χ0n) is 11.1. The molecule has 0 aromatic rings. The van der Waals surface area contributed by atoms with Crippen molar-refractivity contribution in [1.29, 1.82) is 0 Å². The Morgan fingerprint density at radius 3 is 2.59 bits per heavy atom. The van der Waals surface area contributed by atoms with E-state index in [1.165, 1.54) is 12.8 Å². The monoisotopic (exact) mass is 256 g/mol. The van der Waals surface area contributed by atoms with Crippen LogP contribution in [0.25, 0.3) is 0 Å². The fourth-order valence-corrected chi connectivity index (χ4v) is 3.58. The van der Waals surface area contributed by atoms with Crippen molar-refractivity contribution in [3.63, 3.8) is 0 Å². The minimum atomic E-state index is -0.977. The molecule has 4 heteroatoms. The van der Waals surface area contributed by atoms with Gasteiger partial charge in [0.15, 0.2) is 0 Å². The van der Waals surface area contributed by atoms with Crippen LogP contribution in [-0.2, 0) is 11.0 Å². The average molecular weight is 256 g/mol. The van der Waals surface area contributed by atoms with Gasteiger partial charge in [-0.1, -0.05) is 12.2 Å². The summed E-state index contributed by atoms with van der Waals surface area (Å²) in [6.45, 7) is 8.22. The van der Waals surface area contributed by atoms with E-state index < -0.39 is 11.0 Å². The Kier molecular flexibility index (Phi) is 3.76. The summed E-state index contributed by atoms with van der Waals surface area (Å²) in [6, 6.07) is 0.282. The van der Waals surface area contributed by atoms with Crippen molar-refractivity contribution in [2.75, 3.05) is 13.1 Å². The Bertz CT molecular complexity index is 327. The molecule has 1 saturated heterocycles. The second-order valence-corrected chi connectivity index (χ2v) is 8.22. The molecule has 2 rings (SSSR count). The molecule has 3 nitrogen and oxygen atoms in total. The molecule has 2 atom stereocenters. The summed E-state index contributed by atoms with van der Waals surface area (Å²) < 4.78 is 15.3. The number of hydrogen-bond donors (Lipinski definition) is 2. The van der Waals surface area contributed by atoms with Crippen molar-refractivity contribution in [2.24, 2.45) is 5.41 Å².